The summed E-state index contributed by atoms with van der Waals surface area (Å²) in [7, 11) is 1.61. The molecule has 1 N–H and O–H groups in total. The molecule has 0 atom stereocenters. The van der Waals surface area contributed by atoms with Gasteiger partial charge in [-0.05, 0) is 19.1 Å². The Bertz CT molecular complexity index is 485. The Morgan fingerprint density at radius 3 is 2.73 bits per heavy atom. The van der Waals surface area contributed by atoms with Gasteiger partial charge in [-0.15, -0.1) is 0 Å². The number of aromatic nitrogens is 1. The van der Waals surface area contributed by atoms with Gasteiger partial charge in [0.25, 0.3) is 0 Å². The Labute approximate surface area is 107 Å². The first kappa shape index (κ1) is 12.2. The third kappa shape index (κ3) is 2.20. The zero-order valence-electron chi connectivity index (χ0n) is 8.61. The molecule has 0 saturated carbocycles. The van der Waals surface area contributed by atoms with E-state index in [0.29, 0.717) is 5.52 Å². The van der Waals surface area contributed by atoms with E-state index in [1.165, 1.54) is 0 Å². The van der Waals surface area contributed by atoms with Crippen molar-refractivity contribution in [3.63, 3.8) is 0 Å². The van der Waals surface area contributed by atoms with Crippen LogP contribution >= 0.6 is 0 Å². The van der Waals surface area contributed by atoms with Gasteiger partial charge in [0, 0.05) is 43.3 Å². The number of rotatable bonds is 1. The van der Waals surface area contributed by atoms with Gasteiger partial charge in [0.15, 0.2) is 0 Å². The second-order valence-corrected chi connectivity index (χ2v) is 3.14. The van der Waals surface area contributed by atoms with Gasteiger partial charge in [-0.25, -0.2) is 4.98 Å². The number of phenols is 1. The summed E-state index contributed by atoms with van der Waals surface area (Å²) in [5.74, 6) is 0.924. The van der Waals surface area contributed by atoms with Gasteiger partial charge in [0.2, 0.25) is 0 Å². The number of pyridine rings is 1. The Morgan fingerprint density at radius 2 is 2.07 bits per heavy atom. The molecule has 2 aromatic rings. The van der Waals surface area contributed by atoms with E-state index >= 15 is 0 Å². The summed E-state index contributed by atoms with van der Waals surface area (Å²) in [5, 5.41) is 10.4. The number of para-hydroxylation sites is 1. The second-order valence-electron chi connectivity index (χ2n) is 3.14. The van der Waals surface area contributed by atoms with Crippen molar-refractivity contribution in [2.75, 3.05) is 7.11 Å². The number of nitrogens with zero attached hydrogens (tertiary/aromatic N) is 1. The summed E-state index contributed by atoms with van der Waals surface area (Å²) in [6.07, 6.45) is 0. The summed E-state index contributed by atoms with van der Waals surface area (Å²) < 4.78 is 5.21. The maximum absolute atomic E-state index is 9.60. The first-order valence-electron chi connectivity index (χ1n) is 4.35. The molecule has 0 saturated heterocycles. The fourth-order valence-electron chi connectivity index (χ4n) is 1.49. The molecule has 0 bridgehead atoms. The normalized spacial score (nSPS) is 9.73. The Balaban J connectivity index is 0.00000112. The van der Waals surface area contributed by atoms with Crippen molar-refractivity contribution < 1.29 is 36.0 Å². The largest absolute Gasteiger partial charge is 0.506 e. The molecule has 0 aliphatic rings. The van der Waals surface area contributed by atoms with Gasteiger partial charge in [-0.2, -0.15) is 0 Å². The quantitative estimate of drug-likeness (QED) is 0.871. The summed E-state index contributed by atoms with van der Waals surface area (Å²) in [6.45, 7) is 1.87. The summed E-state index contributed by atoms with van der Waals surface area (Å²) in [4.78, 5) is 4.25. The maximum atomic E-state index is 9.60. The first-order valence-corrected chi connectivity index (χ1v) is 4.35. The molecule has 76 valence electrons. The number of methoxy groups -OCH3 is 1. The van der Waals surface area contributed by atoms with Crippen molar-refractivity contribution in [3.05, 3.63) is 30.0 Å². The van der Waals surface area contributed by atoms with Crippen molar-refractivity contribution in [3.8, 4) is 11.5 Å². The van der Waals surface area contributed by atoms with Crippen LogP contribution in [0.5, 0.6) is 11.5 Å². The number of aryl methyl sites for hydroxylation is 1. The van der Waals surface area contributed by atoms with Crippen molar-refractivity contribution >= 4 is 10.9 Å². The van der Waals surface area contributed by atoms with E-state index in [1.54, 1.807) is 19.2 Å². The molecule has 0 fully saturated rings. The molecule has 0 aliphatic carbocycles. The van der Waals surface area contributed by atoms with Crippen LogP contribution in [-0.4, -0.2) is 17.2 Å². The zero-order chi connectivity index (χ0) is 10.1. The molecule has 0 aliphatic heterocycles. The van der Waals surface area contributed by atoms with Crippen LogP contribution in [0.15, 0.2) is 24.3 Å². The van der Waals surface area contributed by atoms with Crippen molar-refractivity contribution in [1.29, 1.82) is 0 Å². The SMILES string of the molecule is COc1cc(C)nc2c(O)cccc12.[Zr]. The Hall–Kier alpha value is -0.887. The summed E-state index contributed by atoms with van der Waals surface area (Å²) >= 11 is 0. The number of ether oxygens (including phenoxy) is 1. The molecule has 3 nitrogen and oxygen atoms in total. The van der Waals surface area contributed by atoms with E-state index in [-0.39, 0.29) is 32.0 Å². The molecule has 15 heavy (non-hydrogen) atoms. The average Bonchev–Trinajstić information content (AvgIpc) is 2.18. The standard InChI is InChI=1S/C11H11NO2.Zr/c1-7-6-10(14-2)8-4-3-5-9(13)11(8)12-7;/h3-6,13H,1-2H3;. The maximum Gasteiger partial charge on any atom is 0.141 e. The topological polar surface area (TPSA) is 42.4 Å². The molecule has 1 heterocycles. The monoisotopic (exact) mass is 279 g/mol. The first-order chi connectivity index (χ1) is 6.72. The molecule has 0 amide bonds. The van der Waals surface area contributed by atoms with Gasteiger partial charge in [0.05, 0.1) is 7.11 Å². The molecule has 0 unspecified atom stereocenters. The van der Waals surface area contributed by atoms with E-state index in [2.05, 4.69) is 4.98 Å². The average molecular weight is 280 g/mol. The second kappa shape index (κ2) is 4.76. The van der Waals surface area contributed by atoms with Crippen molar-refractivity contribution in [2.24, 2.45) is 0 Å². The van der Waals surface area contributed by atoms with E-state index in [9.17, 15) is 5.11 Å². The van der Waals surface area contributed by atoms with Crippen molar-refractivity contribution in [2.45, 2.75) is 6.92 Å². The van der Waals surface area contributed by atoms with Gasteiger partial charge in [0.1, 0.15) is 17.0 Å². The van der Waals surface area contributed by atoms with E-state index < -0.39 is 0 Å². The summed E-state index contributed by atoms with van der Waals surface area (Å²) in [5.41, 5.74) is 1.42. The Kier molecular flexibility index (Phi) is 3.86. The number of benzene rings is 1. The fourth-order valence-corrected chi connectivity index (χ4v) is 1.49. The van der Waals surface area contributed by atoms with E-state index in [0.717, 1.165) is 16.8 Å². The molecule has 2 rings (SSSR count). The van der Waals surface area contributed by atoms with Crippen molar-refractivity contribution in [1.82, 2.24) is 4.98 Å². The van der Waals surface area contributed by atoms with Crippen LogP contribution in [0, 0.1) is 6.92 Å². The summed E-state index contributed by atoms with van der Waals surface area (Å²) in [6, 6.07) is 7.12. The third-order valence-electron chi connectivity index (χ3n) is 2.13. The molecule has 1 aromatic carbocycles. The Morgan fingerprint density at radius 1 is 1.33 bits per heavy atom. The number of hydrogen-bond acceptors (Lipinski definition) is 3. The van der Waals surface area contributed by atoms with Gasteiger partial charge in [-0.3, -0.25) is 0 Å². The zero-order valence-corrected chi connectivity index (χ0v) is 11.1. The van der Waals surface area contributed by atoms with E-state index in [4.69, 9.17) is 4.74 Å². The minimum atomic E-state index is 0. The smallest absolute Gasteiger partial charge is 0.141 e. The third-order valence-corrected chi connectivity index (χ3v) is 2.13. The molecule has 1 aromatic heterocycles. The van der Waals surface area contributed by atoms with Crippen LogP contribution in [-0.2, 0) is 26.2 Å². The van der Waals surface area contributed by atoms with Crippen LogP contribution in [0.1, 0.15) is 5.69 Å². The van der Waals surface area contributed by atoms with Crippen LogP contribution in [0.2, 0.25) is 0 Å². The number of aromatic hydroxyl groups is 1. The van der Waals surface area contributed by atoms with Crippen LogP contribution in [0.3, 0.4) is 0 Å². The minimum Gasteiger partial charge on any atom is -0.506 e. The molecule has 0 radical (unpaired) electrons. The molecular weight excluding hydrogens is 269 g/mol. The van der Waals surface area contributed by atoms with Crippen LogP contribution in [0.25, 0.3) is 10.9 Å². The fraction of sp³-hybridized carbons (Fsp3) is 0.182. The molecule has 4 heteroatoms. The molecular formula is C11H11NO2Zr. The number of fused-ring (bicyclic) bond motifs is 1. The number of hydrogen-bond donors (Lipinski definition) is 1. The van der Waals surface area contributed by atoms with E-state index in [1.807, 2.05) is 19.1 Å². The minimum absolute atomic E-state index is 0. The van der Waals surface area contributed by atoms with Crippen LogP contribution < -0.4 is 4.74 Å². The van der Waals surface area contributed by atoms with Gasteiger partial charge < -0.3 is 9.84 Å². The number of phenolic OH excluding ortho intramolecular Hbond substituents is 1. The van der Waals surface area contributed by atoms with Gasteiger partial charge >= 0.3 is 0 Å². The predicted octanol–water partition coefficient (Wildman–Crippen LogP) is 2.25. The predicted molar refractivity (Wildman–Crippen MR) is 54.7 cm³/mol. The molecule has 0 spiro atoms. The van der Waals surface area contributed by atoms with Gasteiger partial charge in [-0.1, -0.05) is 6.07 Å². The van der Waals surface area contributed by atoms with Crippen LogP contribution in [0.4, 0.5) is 0 Å².